The van der Waals surface area contributed by atoms with Gasteiger partial charge in [0.05, 0.1) is 14.2 Å². The molecule has 0 atom stereocenters. The maximum Gasteiger partial charge on any atom is 0.126 e. The Morgan fingerprint density at radius 1 is 0.850 bits per heavy atom. The van der Waals surface area contributed by atoms with Crippen LogP contribution in [0, 0.1) is 6.92 Å². The summed E-state index contributed by atoms with van der Waals surface area (Å²) in [5, 5.41) is 0.737. The van der Waals surface area contributed by atoms with Gasteiger partial charge in [0.2, 0.25) is 0 Å². The van der Waals surface area contributed by atoms with E-state index in [0.29, 0.717) is 0 Å². The normalized spacial score (nSPS) is 10.8. The average molecular weight is 289 g/mol. The molecule has 2 aromatic rings. The van der Waals surface area contributed by atoms with Crippen LogP contribution < -0.4 is 9.47 Å². The molecule has 0 aliphatic rings. The monoisotopic (exact) mass is 288 g/mol. The van der Waals surface area contributed by atoms with Crippen molar-refractivity contribution in [2.24, 2.45) is 0 Å². The van der Waals surface area contributed by atoms with Crippen LogP contribution in [-0.4, -0.2) is 14.2 Å². The van der Waals surface area contributed by atoms with Gasteiger partial charge in [-0.25, -0.2) is 0 Å². The van der Waals surface area contributed by atoms with Gasteiger partial charge in [-0.2, -0.15) is 0 Å². The minimum Gasteiger partial charge on any atom is -0.496 e. The van der Waals surface area contributed by atoms with Crippen molar-refractivity contribution < 1.29 is 9.47 Å². The minimum atomic E-state index is 0.737. The first-order valence-electron chi connectivity index (χ1n) is 6.30. The molecule has 3 heteroatoms. The van der Waals surface area contributed by atoms with Gasteiger partial charge in [-0.3, -0.25) is 0 Å². The summed E-state index contributed by atoms with van der Waals surface area (Å²) in [5.74, 6) is 1.64. The van der Waals surface area contributed by atoms with E-state index in [1.54, 1.807) is 14.2 Å². The quantitative estimate of drug-likeness (QED) is 0.750. The fraction of sp³-hybridized carbons (Fsp3) is 0.176. The molecule has 0 bridgehead atoms. The van der Waals surface area contributed by atoms with Gasteiger partial charge in [0.25, 0.3) is 0 Å². The van der Waals surface area contributed by atoms with Crippen LogP contribution in [0.5, 0.6) is 11.5 Å². The Balaban J connectivity index is 2.31. The van der Waals surface area contributed by atoms with E-state index in [-0.39, 0.29) is 0 Å². The molecule has 0 spiro atoms. The van der Waals surface area contributed by atoms with Crippen molar-refractivity contribution in [3.63, 3.8) is 0 Å². The first-order valence-corrected chi connectivity index (χ1v) is 6.68. The lowest BCUT2D eigenvalue weighted by Crippen LogP contribution is -1.93. The van der Waals surface area contributed by atoms with Gasteiger partial charge in [0.1, 0.15) is 11.5 Å². The summed E-state index contributed by atoms with van der Waals surface area (Å²) >= 11 is 5.87. The van der Waals surface area contributed by atoms with Crippen molar-refractivity contribution in [2.45, 2.75) is 6.92 Å². The summed E-state index contributed by atoms with van der Waals surface area (Å²) in [6, 6.07) is 11.7. The molecule has 0 aliphatic carbocycles. The van der Waals surface area contributed by atoms with Crippen LogP contribution in [0.1, 0.15) is 16.7 Å². The molecule has 0 unspecified atom stereocenters. The summed E-state index contributed by atoms with van der Waals surface area (Å²) in [6.45, 7) is 1.98. The molecular weight excluding hydrogens is 272 g/mol. The predicted octanol–water partition coefficient (Wildman–Crippen LogP) is 4.84. The molecule has 0 heterocycles. The van der Waals surface area contributed by atoms with Crippen LogP contribution in [0.25, 0.3) is 12.2 Å². The van der Waals surface area contributed by atoms with E-state index in [4.69, 9.17) is 21.1 Å². The Bertz CT molecular complexity index is 590. The molecule has 0 aromatic heterocycles. The van der Waals surface area contributed by atoms with Crippen LogP contribution >= 0.6 is 11.6 Å². The van der Waals surface area contributed by atoms with Crippen LogP contribution in [0.2, 0.25) is 5.02 Å². The Morgan fingerprint density at radius 3 is 1.85 bits per heavy atom. The smallest absolute Gasteiger partial charge is 0.126 e. The lowest BCUT2D eigenvalue weighted by atomic mass is 10.1. The second kappa shape index (κ2) is 6.49. The second-order valence-electron chi connectivity index (χ2n) is 4.44. The van der Waals surface area contributed by atoms with E-state index < -0.39 is 0 Å². The number of rotatable bonds is 4. The standard InChI is InChI=1S/C17H17ClO2/c1-12-16(19-2)10-14(11-17(12)20-3)5-4-13-6-8-15(18)9-7-13/h4-11H,1-3H3/b5-4-. The summed E-state index contributed by atoms with van der Waals surface area (Å²) < 4.78 is 10.7. The maximum absolute atomic E-state index is 5.87. The SMILES string of the molecule is COc1cc(/C=C\c2ccc(Cl)cc2)cc(OC)c1C. The van der Waals surface area contributed by atoms with Crippen LogP contribution in [0.3, 0.4) is 0 Å². The Hall–Kier alpha value is -1.93. The number of hydrogen-bond donors (Lipinski definition) is 0. The number of halogens is 1. The molecule has 2 nitrogen and oxygen atoms in total. The largest absolute Gasteiger partial charge is 0.496 e. The number of benzene rings is 2. The molecule has 0 saturated carbocycles. The van der Waals surface area contributed by atoms with Crippen LogP contribution in [0.15, 0.2) is 36.4 Å². The van der Waals surface area contributed by atoms with Crippen molar-refractivity contribution in [1.29, 1.82) is 0 Å². The predicted molar refractivity (Wildman–Crippen MR) is 84.7 cm³/mol. The summed E-state index contributed by atoms with van der Waals surface area (Å²) in [6.07, 6.45) is 4.05. The fourth-order valence-corrected chi connectivity index (χ4v) is 2.09. The highest BCUT2D eigenvalue weighted by molar-refractivity contribution is 6.30. The van der Waals surface area contributed by atoms with Crippen molar-refractivity contribution in [3.8, 4) is 11.5 Å². The zero-order chi connectivity index (χ0) is 14.5. The molecule has 0 amide bonds. The highest BCUT2D eigenvalue weighted by Crippen LogP contribution is 2.30. The molecule has 0 aliphatic heterocycles. The van der Waals surface area contributed by atoms with E-state index in [1.165, 1.54) is 0 Å². The second-order valence-corrected chi connectivity index (χ2v) is 4.87. The summed E-state index contributed by atoms with van der Waals surface area (Å²) in [4.78, 5) is 0. The van der Waals surface area contributed by atoms with Gasteiger partial charge in [-0.15, -0.1) is 0 Å². The molecular formula is C17H17ClO2. The molecule has 0 saturated heterocycles. The molecule has 0 fully saturated rings. The minimum absolute atomic E-state index is 0.737. The van der Waals surface area contributed by atoms with Crippen molar-refractivity contribution in [3.05, 3.63) is 58.1 Å². The molecule has 2 aromatic carbocycles. The fourth-order valence-electron chi connectivity index (χ4n) is 1.97. The topological polar surface area (TPSA) is 18.5 Å². The van der Waals surface area contributed by atoms with E-state index in [1.807, 2.05) is 55.5 Å². The van der Waals surface area contributed by atoms with Crippen LogP contribution in [-0.2, 0) is 0 Å². The maximum atomic E-state index is 5.87. The Labute approximate surface area is 124 Å². The van der Waals surface area contributed by atoms with Gasteiger partial charge in [0, 0.05) is 10.6 Å². The third kappa shape index (κ3) is 3.34. The first-order chi connectivity index (χ1) is 9.63. The average Bonchev–Trinajstić information content (AvgIpc) is 2.47. The molecule has 0 radical (unpaired) electrons. The number of hydrogen-bond acceptors (Lipinski definition) is 2. The number of methoxy groups -OCH3 is 2. The van der Waals surface area contributed by atoms with E-state index in [9.17, 15) is 0 Å². The zero-order valence-corrected chi connectivity index (χ0v) is 12.6. The van der Waals surface area contributed by atoms with Crippen LogP contribution in [0.4, 0.5) is 0 Å². The first kappa shape index (κ1) is 14.5. The third-order valence-electron chi connectivity index (χ3n) is 3.11. The molecule has 20 heavy (non-hydrogen) atoms. The third-order valence-corrected chi connectivity index (χ3v) is 3.36. The lowest BCUT2D eigenvalue weighted by molar-refractivity contribution is 0.388. The van der Waals surface area contributed by atoms with Gasteiger partial charge >= 0.3 is 0 Å². The van der Waals surface area contributed by atoms with Gasteiger partial charge in [0.15, 0.2) is 0 Å². The highest BCUT2D eigenvalue weighted by Gasteiger charge is 2.06. The molecule has 2 rings (SSSR count). The van der Waals surface area contributed by atoms with Gasteiger partial charge < -0.3 is 9.47 Å². The van der Waals surface area contributed by atoms with Crippen molar-refractivity contribution in [1.82, 2.24) is 0 Å². The lowest BCUT2D eigenvalue weighted by Gasteiger charge is -2.10. The van der Waals surface area contributed by atoms with E-state index in [0.717, 1.165) is 33.2 Å². The molecule has 104 valence electrons. The molecule has 0 N–H and O–H groups in total. The Morgan fingerprint density at radius 2 is 1.35 bits per heavy atom. The van der Waals surface area contributed by atoms with Gasteiger partial charge in [-0.1, -0.05) is 35.9 Å². The van der Waals surface area contributed by atoms with Gasteiger partial charge in [-0.05, 0) is 42.3 Å². The zero-order valence-electron chi connectivity index (χ0n) is 11.8. The van der Waals surface area contributed by atoms with E-state index >= 15 is 0 Å². The summed E-state index contributed by atoms with van der Waals surface area (Å²) in [7, 11) is 3.32. The number of ether oxygens (including phenoxy) is 2. The van der Waals surface area contributed by atoms with Crippen molar-refractivity contribution >= 4 is 23.8 Å². The van der Waals surface area contributed by atoms with E-state index in [2.05, 4.69) is 0 Å². The highest BCUT2D eigenvalue weighted by atomic mass is 35.5. The Kier molecular flexibility index (Phi) is 4.70. The van der Waals surface area contributed by atoms with Crippen molar-refractivity contribution in [2.75, 3.05) is 14.2 Å². The summed E-state index contributed by atoms with van der Waals surface area (Å²) in [5.41, 5.74) is 3.12.